The molecule has 1 heterocycles. The number of hydrogen-bond donors (Lipinski definition) is 1. The van der Waals surface area contributed by atoms with Crippen molar-refractivity contribution in [3.63, 3.8) is 0 Å². The molecule has 0 unspecified atom stereocenters. The molecule has 1 aliphatic rings. The highest BCUT2D eigenvalue weighted by Gasteiger charge is 2.37. The molecule has 0 radical (unpaired) electrons. The molecule has 94 valence electrons. The minimum Gasteiger partial charge on any atom is -0.501 e. The molecule has 18 heavy (non-hydrogen) atoms. The maximum atomic E-state index is 11.4. The molecule has 0 spiro atoms. The Morgan fingerprint density at radius 2 is 1.94 bits per heavy atom. The standard InChI is InChI=1S/C13H12O5/c1-7(14)10-11(15)13(16)18-12(10)8-3-5-9(17-2)6-4-8/h3-6,12,15H,1-2H3/t12-/m1/s1. The molecule has 5 heteroatoms. The first kappa shape index (κ1) is 12.2. The number of methoxy groups -OCH3 is 1. The Bertz CT molecular complexity index is 527. The zero-order valence-corrected chi connectivity index (χ0v) is 9.97. The average molecular weight is 248 g/mol. The van der Waals surface area contributed by atoms with E-state index in [1.165, 1.54) is 14.0 Å². The minimum atomic E-state index is -0.874. The molecule has 0 saturated heterocycles. The number of hydrogen-bond acceptors (Lipinski definition) is 5. The Hall–Kier alpha value is -2.30. The molecule has 0 amide bonds. The van der Waals surface area contributed by atoms with E-state index in [1.807, 2.05) is 0 Å². The largest absolute Gasteiger partial charge is 0.501 e. The van der Waals surface area contributed by atoms with Crippen LogP contribution in [0.2, 0.25) is 0 Å². The number of cyclic esters (lactones) is 1. The van der Waals surface area contributed by atoms with Gasteiger partial charge in [-0.2, -0.15) is 0 Å². The lowest BCUT2D eigenvalue weighted by Crippen LogP contribution is -2.07. The molecule has 1 aliphatic heterocycles. The molecule has 0 aromatic heterocycles. The fourth-order valence-electron chi connectivity index (χ4n) is 1.82. The van der Waals surface area contributed by atoms with Crippen molar-refractivity contribution >= 4 is 11.8 Å². The SMILES string of the molecule is COc1ccc([C@H]2OC(=O)C(O)=C2C(C)=O)cc1. The van der Waals surface area contributed by atoms with Gasteiger partial charge in [0.1, 0.15) is 5.75 Å². The molecule has 1 aromatic carbocycles. The van der Waals surface area contributed by atoms with E-state index in [0.29, 0.717) is 11.3 Å². The van der Waals surface area contributed by atoms with Gasteiger partial charge in [0.25, 0.3) is 0 Å². The van der Waals surface area contributed by atoms with Crippen molar-refractivity contribution < 1.29 is 24.2 Å². The van der Waals surface area contributed by atoms with Gasteiger partial charge >= 0.3 is 5.97 Å². The van der Waals surface area contributed by atoms with E-state index in [-0.39, 0.29) is 11.4 Å². The summed E-state index contributed by atoms with van der Waals surface area (Å²) >= 11 is 0. The van der Waals surface area contributed by atoms with Crippen LogP contribution < -0.4 is 4.74 Å². The number of ketones is 1. The van der Waals surface area contributed by atoms with Crippen molar-refractivity contribution in [1.29, 1.82) is 0 Å². The first-order valence-electron chi connectivity index (χ1n) is 5.33. The first-order chi connectivity index (χ1) is 8.54. The second kappa shape index (κ2) is 4.52. The van der Waals surface area contributed by atoms with Crippen molar-refractivity contribution in [2.45, 2.75) is 13.0 Å². The summed E-state index contributed by atoms with van der Waals surface area (Å²) in [5.74, 6) is -1.22. The van der Waals surface area contributed by atoms with Gasteiger partial charge in [0, 0.05) is 0 Å². The summed E-state index contributed by atoms with van der Waals surface area (Å²) in [4.78, 5) is 22.7. The molecule has 0 aliphatic carbocycles. The van der Waals surface area contributed by atoms with Gasteiger partial charge in [-0.15, -0.1) is 0 Å². The van der Waals surface area contributed by atoms with Crippen molar-refractivity contribution in [1.82, 2.24) is 0 Å². The number of esters is 1. The quantitative estimate of drug-likeness (QED) is 0.824. The van der Waals surface area contributed by atoms with E-state index in [4.69, 9.17) is 9.47 Å². The molecular formula is C13H12O5. The van der Waals surface area contributed by atoms with E-state index in [9.17, 15) is 14.7 Å². The Morgan fingerprint density at radius 3 is 2.44 bits per heavy atom. The Balaban J connectivity index is 2.39. The van der Waals surface area contributed by atoms with Crippen LogP contribution in [0.4, 0.5) is 0 Å². The molecule has 0 saturated carbocycles. The van der Waals surface area contributed by atoms with Gasteiger partial charge in [0.15, 0.2) is 11.9 Å². The molecule has 0 bridgehead atoms. The van der Waals surface area contributed by atoms with Crippen LogP contribution in [-0.4, -0.2) is 24.0 Å². The van der Waals surface area contributed by atoms with Gasteiger partial charge in [0.2, 0.25) is 5.76 Å². The summed E-state index contributed by atoms with van der Waals surface area (Å²) in [6.45, 7) is 1.28. The Morgan fingerprint density at radius 1 is 1.33 bits per heavy atom. The predicted molar refractivity (Wildman–Crippen MR) is 62.2 cm³/mol. The first-order valence-corrected chi connectivity index (χ1v) is 5.33. The monoisotopic (exact) mass is 248 g/mol. The zero-order valence-electron chi connectivity index (χ0n) is 9.97. The topological polar surface area (TPSA) is 72.8 Å². The molecule has 5 nitrogen and oxygen atoms in total. The van der Waals surface area contributed by atoms with Gasteiger partial charge in [-0.1, -0.05) is 12.1 Å². The Labute approximate surface area is 104 Å². The Kier molecular flexibility index (Phi) is 3.06. The average Bonchev–Trinajstić information content (AvgIpc) is 2.66. The van der Waals surface area contributed by atoms with Crippen LogP contribution in [0.1, 0.15) is 18.6 Å². The molecule has 2 rings (SSSR count). The van der Waals surface area contributed by atoms with E-state index >= 15 is 0 Å². The fourth-order valence-corrected chi connectivity index (χ4v) is 1.82. The minimum absolute atomic E-state index is 0.00910. The number of rotatable bonds is 3. The van der Waals surface area contributed by atoms with Gasteiger partial charge in [-0.25, -0.2) is 4.79 Å². The van der Waals surface area contributed by atoms with Crippen LogP contribution in [0.25, 0.3) is 0 Å². The predicted octanol–water partition coefficient (Wildman–Crippen LogP) is 1.69. The highest BCUT2D eigenvalue weighted by atomic mass is 16.6. The number of ether oxygens (including phenoxy) is 2. The highest BCUT2D eigenvalue weighted by Crippen LogP contribution is 2.35. The zero-order chi connectivity index (χ0) is 13.3. The van der Waals surface area contributed by atoms with Gasteiger partial charge < -0.3 is 14.6 Å². The second-order valence-corrected chi connectivity index (χ2v) is 3.88. The molecular weight excluding hydrogens is 236 g/mol. The van der Waals surface area contributed by atoms with Crippen LogP contribution >= 0.6 is 0 Å². The summed E-state index contributed by atoms with van der Waals surface area (Å²) in [5.41, 5.74) is 0.601. The lowest BCUT2D eigenvalue weighted by atomic mass is 9.99. The van der Waals surface area contributed by atoms with E-state index in [1.54, 1.807) is 24.3 Å². The maximum absolute atomic E-state index is 11.4. The van der Waals surface area contributed by atoms with Crippen LogP contribution in [-0.2, 0) is 14.3 Å². The van der Waals surface area contributed by atoms with Gasteiger partial charge in [-0.05, 0) is 24.6 Å². The third kappa shape index (κ3) is 1.95. The normalized spacial score (nSPS) is 18.8. The lowest BCUT2D eigenvalue weighted by Gasteiger charge is -2.12. The van der Waals surface area contributed by atoms with Crippen LogP contribution in [0.5, 0.6) is 5.75 Å². The summed E-state index contributed by atoms with van der Waals surface area (Å²) in [7, 11) is 1.54. The van der Waals surface area contributed by atoms with Crippen LogP contribution in [0, 0.1) is 0 Å². The van der Waals surface area contributed by atoms with E-state index in [0.717, 1.165) is 0 Å². The highest BCUT2D eigenvalue weighted by molar-refractivity contribution is 6.05. The van der Waals surface area contributed by atoms with Crippen molar-refractivity contribution in [2.24, 2.45) is 0 Å². The second-order valence-electron chi connectivity index (χ2n) is 3.88. The third-order valence-electron chi connectivity index (χ3n) is 2.73. The molecule has 1 atom stereocenters. The summed E-state index contributed by atoms with van der Waals surface area (Å²) in [6.07, 6.45) is -0.846. The summed E-state index contributed by atoms with van der Waals surface area (Å²) < 4.78 is 9.99. The number of carbonyl (C=O) groups excluding carboxylic acids is 2. The lowest BCUT2D eigenvalue weighted by molar-refractivity contribution is -0.142. The molecule has 0 fully saturated rings. The van der Waals surface area contributed by atoms with Crippen LogP contribution in [0.15, 0.2) is 35.6 Å². The summed E-state index contributed by atoms with van der Waals surface area (Å²) in [6, 6.07) is 6.74. The van der Waals surface area contributed by atoms with Gasteiger partial charge in [0.05, 0.1) is 12.7 Å². The third-order valence-corrected chi connectivity index (χ3v) is 2.73. The number of aliphatic hydroxyl groups is 1. The smallest absolute Gasteiger partial charge is 0.374 e. The van der Waals surface area contributed by atoms with Crippen molar-refractivity contribution in [3.8, 4) is 5.75 Å². The van der Waals surface area contributed by atoms with E-state index in [2.05, 4.69) is 0 Å². The number of Topliss-reactive ketones (excluding diaryl/α,β-unsaturated/α-hetero) is 1. The van der Waals surface area contributed by atoms with Crippen LogP contribution in [0.3, 0.4) is 0 Å². The molecule has 1 N–H and O–H groups in total. The molecule has 1 aromatic rings. The number of benzene rings is 1. The maximum Gasteiger partial charge on any atom is 0.374 e. The van der Waals surface area contributed by atoms with E-state index < -0.39 is 17.8 Å². The van der Waals surface area contributed by atoms with Crippen molar-refractivity contribution in [2.75, 3.05) is 7.11 Å². The number of aliphatic hydroxyl groups excluding tert-OH is 1. The summed E-state index contributed by atoms with van der Waals surface area (Å²) in [5, 5.41) is 9.52. The fraction of sp³-hybridized carbons (Fsp3) is 0.231. The van der Waals surface area contributed by atoms with Gasteiger partial charge in [-0.3, -0.25) is 4.79 Å². The number of carbonyl (C=O) groups is 2. The van der Waals surface area contributed by atoms with Crippen molar-refractivity contribution in [3.05, 3.63) is 41.2 Å².